The highest BCUT2D eigenvalue weighted by Gasteiger charge is 2.48. The maximum Gasteiger partial charge on any atom is 0.180 e. The van der Waals surface area contributed by atoms with Crippen molar-refractivity contribution >= 4 is 79.2 Å². The lowest BCUT2D eigenvalue weighted by molar-refractivity contribution is 1.10. The maximum absolute atomic E-state index is 3.42. The van der Waals surface area contributed by atoms with Crippen molar-refractivity contribution in [2.24, 2.45) is 0 Å². The summed E-state index contributed by atoms with van der Waals surface area (Å²) < 4.78 is 5.02. The molecule has 406 valence electrons. The lowest BCUT2D eigenvalue weighted by Gasteiger charge is -2.40. The number of nitrogens with zero attached hydrogens (tertiary/aromatic N) is 2. The Bertz CT molecular complexity index is 4190. The molecule has 0 spiro atoms. The average Bonchev–Trinajstić information content (AvgIpc) is 1.93. The summed E-state index contributed by atoms with van der Waals surface area (Å²) >= 11 is 0. The molecule has 13 aromatic carbocycles. The van der Waals surface area contributed by atoms with E-state index >= 15 is 0 Å². The van der Waals surface area contributed by atoms with Gasteiger partial charge in [0.25, 0.3) is 0 Å². The SMILES string of the molecule is c1ccc(-c2ccc(-c3ccccc3)n2-c2ccc3c([Si](c4ccccc4)(c4ccccc4)c4ccccc4)c4cc(-n5c(-c6ccccc6)ccc5-c5ccccc5)ccc4c([Si](c4ccccc4)(c4ccccc4)c4ccccc4)c3c2)cc1. The first-order chi connectivity index (χ1) is 42.7. The molecule has 0 amide bonds. The Kier molecular flexibility index (Phi) is 13.7. The van der Waals surface area contributed by atoms with Gasteiger partial charge in [-0.1, -0.05) is 315 Å². The molecule has 0 unspecified atom stereocenters. The predicted molar refractivity (Wildman–Crippen MR) is 369 cm³/mol. The van der Waals surface area contributed by atoms with Gasteiger partial charge >= 0.3 is 0 Å². The number of rotatable bonds is 14. The van der Waals surface area contributed by atoms with Crippen LogP contribution in [0.25, 0.3) is 77.9 Å². The normalized spacial score (nSPS) is 11.7. The van der Waals surface area contributed by atoms with Gasteiger partial charge in [-0.25, -0.2) is 0 Å². The monoisotopic (exact) mass is 1130 g/mol. The van der Waals surface area contributed by atoms with Gasteiger partial charge in [0.1, 0.15) is 0 Å². The van der Waals surface area contributed by atoms with Crippen molar-refractivity contribution in [1.29, 1.82) is 0 Å². The van der Waals surface area contributed by atoms with Crippen molar-refractivity contribution in [3.63, 3.8) is 0 Å². The van der Waals surface area contributed by atoms with Gasteiger partial charge in [-0.15, -0.1) is 0 Å². The zero-order valence-electron chi connectivity index (χ0n) is 47.5. The van der Waals surface area contributed by atoms with Crippen LogP contribution < -0.4 is 41.5 Å². The number of hydrogen-bond acceptors (Lipinski definition) is 0. The summed E-state index contributed by atoms with van der Waals surface area (Å²) in [6.45, 7) is 0. The van der Waals surface area contributed by atoms with Crippen molar-refractivity contribution in [2.45, 2.75) is 0 Å². The lowest BCUT2D eigenvalue weighted by atomic mass is 10.0. The van der Waals surface area contributed by atoms with Gasteiger partial charge in [0.15, 0.2) is 16.1 Å². The second-order valence-corrected chi connectivity index (χ2v) is 29.7. The van der Waals surface area contributed by atoms with Crippen molar-refractivity contribution in [2.75, 3.05) is 0 Å². The van der Waals surface area contributed by atoms with Crippen LogP contribution in [-0.2, 0) is 0 Å². The summed E-state index contributed by atoms with van der Waals surface area (Å²) in [5, 5.41) is 15.6. The van der Waals surface area contributed by atoms with Crippen LogP contribution in [-0.4, -0.2) is 25.3 Å². The first-order valence-electron chi connectivity index (χ1n) is 29.7. The molecule has 0 saturated heterocycles. The van der Waals surface area contributed by atoms with Crippen LogP contribution in [0.1, 0.15) is 0 Å². The van der Waals surface area contributed by atoms with Gasteiger partial charge in [-0.2, -0.15) is 0 Å². The Morgan fingerprint density at radius 1 is 0.174 bits per heavy atom. The summed E-state index contributed by atoms with van der Waals surface area (Å²) in [5.74, 6) is 0. The van der Waals surface area contributed by atoms with Crippen LogP contribution in [0.2, 0.25) is 0 Å². The fourth-order valence-corrected chi connectivity index (χ4v) is 24.4. The lowest BCUT2D eigenvalue weighted by Crippen LogP contribution is -2.77. The van der Waals surface area contributed by atoms with Gasteiger partial charge in [0.2, 0.25) is 0 Å². The Hall–Kier alpha value is -10.6. The molecule has 0 bridgehead atoms. The highest BCUT2D eigenvalue weighted by atomic mass is 28.3. The van der Waals surface area contributed by atoms with Gasteiger partial charge in [0, 0.05) is 11.4 Å². The zero-order chi connectivity index (χ0) is 57.3. The summed E-state index contributed by atoms with van der Waals surface area (Å²) in [4.78, 5) is 0. The van der Waals surface area contributed by atoms with Gasteiger partial charge in [0.05, 0.1) is 22.8 Å². The molecule has 2 aromatic heterocycles. The Labute approximate surface area is 505 Å². The quantitative estimate of drug-likeness (QED) is 0.0583. The molecular formula is C82H60N2Si2. The van der Waals surface area contributed by atoms with Crippen LogP contribution in [0.15, 0.2) is 364 Å². The minimum atomic E-state index is -3.42. The molecule has 0 aliphatic rings. The number of fused-ring (bicyclic) bond motifs is 2. The molecule has 15 aromatic rings. The highest BCUT2D eigenvalue weighted by molar-refractivity contribution is 7.24. The van der Waals surface area contributed by atoms with Crippen LogP contribution in [0.3, 0.4) is 0 Å². The second-order valence-electron chi connectivity index (χ2n) is 22.2. The fraction of sp³-hybridized carbons (Fsp3) is 0. The summed E-state index contributed by atoms with van der Waals surface area (Å²) in [6.07, 6.45) is 0. The minimum Gasteiger partial charge on any atom is -0.309 e. The van der Waals surface area contributed by atoms with Crippen molar-refractivity contribution in [1.82, 2.24) is 9.13 Å². The molecule has 0 aliphatic heterocycles. The van der Waals surface area contributed by atoms with E-state index in [1.807, 2.05) is 0 Å². The maximum atomic E-state index is 2.59. The molecule has 0 saturated carbocycles. The molecule has 0 fully saturated rings. The topological polar surface area (TPSA) is 9.86 Å². The molecule has 2 heterocycles. The van der Waals surface area contributed by atoms with Crippen molar-refractivity contribution < 1.29 is 0 Å². The molecule has 0 atom stereocenters. The first-order valence-corrected chi connectivity index (χ1v) is 33.7. The Morgan fingerprint density at radius 3 is 0.581 bits per heavy atom. The molecule has 4 heteroatoms. The summed E-state index contributed by atoms with van der Waals surface area (Å²) in [6, 6.07) is 137. The molecule has 0 radical (unpaired) electrons. The number of aromatic nitrogens is 2. The minimum absolute atomic E-state index is 1.10. The Morgan fingerprint density at radius 2 is 0.372 bits per heavy atom. The molecule has 15 rings (SSSR count). The molecular weight excluding hydrogens is 1070 g/mol. The third-order valence-electron chi connectivity index (χ3n) is 17.6. The summed E-state index contributed by atoms with van der Waals surface area (Å²) in [5.41, 5.74) is 11.3. The molecule has 2 nitrogen and oxygen atoms in total. The van der Waals surface area contributed by atoms with Crippen LogP contribution >= 0.6 is 0 Å². The van der Waals surface area contributed by atoms with Gasteiger partial charge in [-0.05, 0) is 134 Å². The standard InChI is InChI=1S/C82H60N2Si2/c1-11-31-61(32-12-1)77-55-56-78(62-33-13-2-14-34-62)83(77)65-51-53-73-75(59-65)81(85(67-39-19-5-20-40-67,68-41-21-6-22-42-68)69-43-23-7-24-44-69)74-54-52-66(84-79(63-35-15-3-16-36-63)57-58-80(84)64-37-17-4-18-38-64)60-76(74)82(73)86(70-45-25-8-26-46-70,71-47-27-9-28-48-71)72-49-29-10-30-50-72/h1-60H. The van der Waals surface area contributed by atoms with E-state index in [0.29, 0.717) is 0 Å². The second kappa shape index (κ2) is 22.5. The van der Waals surface area contributed by atoms with E-state index in [2.05, 4.69) is 373 Å². The van der Waals surface area contributed by atoms with E-state index in [0.717, 1.165) is 56.4 Å². The highest BCUT2D eigenvalue weighted by Crippen LogP contribution is 2.38. The Balaban J connectivity index is 1.21. The predicted octanol–water partition coefficient (Wildman–Crippen LogP) is 15.0. The van der Waals surface area contributed by atoms with E-state index in [1.165, 1.54) is 63.0 Å². The van der Waals surface area contributed by atoms with Crippen molar-refractivity contribution in [3.05, 3.63) is 364 Å². The molecule has 0 aliphatic carbocycles. The van der Waals surface area contributed by atoms with E-state index in [4.69, 9.17) is 0 Å². The van der Waals surface area contributed by atoms with Crippen LogP contribution in [0.5, 0.6) is 0 Å². The van der Waals surface area contributed by atoms with Crippen LogP contribution in [0, 0.1) is 0 Å². The van der Waals surface area contributed by atoms with E-state index in [1.54, 1.807) is 0 Å². The average molecular weight is 1130 g/mol. The van der Waals surface area contributed by atoms with Crippen LogP contribution in [0.4, 0.5) is 0 Å². The third-order valence-corrected chi connectivity index (χ3v) is 27.4. The summed E-state index contributed by atoms with van der Waals surface area (Å²) in [7, 11) is -6.85. The first kappa shape index (κ1) is 52.2. The van der Waals surface area contributed by atoms with Crippen molar-refractivity contribution in [3.8, 4) is 56.4 Å². The smallest absolute Gasteiger partial charge is 0.180 e. The largest absolute Gasteiger partial charge is 0.309 e. The number of benzene rings is 13. The number of hydrogen-bond donors (Lipinski definition) is 0. The molecule has 86 heavy (non-hydrogen) atoms. The van der Waals surface area contributed by atoms with E-state index < -0.39 is 16.1 Å². The third kappa shape index (κ3) is 8.77. The van der Waals surface area contributed by atoms with E-state index in [-0.39, 0.29) is 0 Å². The van der Waals surface area contributed by atoms with Gasteiger partial charge in [-0.3, -0.25) is 0 Å². The zero-order valence-corrected chi connectivity index (χ0v) is 49.5. The van der Waals surface area contributed by atoms with Gasteiger partial charge < -0.3 is 9.13 Å². The molecule has 0 N–H and O–H groups in total. The van der Waals surface area contributed by atoms with E-state index in [9.17, 15) is 0 Å². The fourth-order valence-electron chi connectivity index (χ4n) is 14.1.